The summed E-state index contributed by atoms with van der Waals surface area (Å²) < 4.78 is 10.5. The van der Waals surface area contributed by atoms with Crippen LogP contribution in [0.1, 0.15) is 23.7 Å². The molecule has 0 aromatic heterocycles. The molecule has 0 bridgehead atoms. The van der Waals surface area contributed by atoms with Crippen molar-refractivity contribution in [1.29, 1.82) is 0 Å². The van der Waals surface area contributed by atoms with Crippen LogP contribution in [0.4, 0.5) is 5.69 Å². The highest BCUT2D eigenvalue weighted by molar-refractivity contribution is 6.06. The van der Waals surface area contributed by atoms with E-state index in [0.717, 1.165) is 0 Å². The molecule has 2 heterocycles. The summed E-state index contributed by atoms with van der Waals surface area (Å²) in [5.74, 6) is 0.0338. The van der Waals surface area contributed by atoms with Crippen molar-refractivity contribution >= 4 is 23.3 Å². The SMILES string of the molecule is CC(=O)c1cc2c(cc1NC(=O)[C@H]1CC(=O)N(C)C1)OCO2. The minimum atomic E-state index is -0.414. The predicted octanol–water partition coefficient (Wildman–Crippen LogP) is 1.03. The molecule has 0 spiro atoms. The van der Waals surface area contributed by atoms with Gasteiger partial charge in [-0.2, -0.15) is 0 Å². The van der Waals surface area contributed by atoms with Crippen molar-refractivity contribution in [2.24, 2.45) is 5.92 Å². The fraction of sp³-hybridized carbons (Fsp3) is 0.400. The van der Waals surface area contributed by atoms with E-state index in [4.69, 9.17) is 9.47 Å². The van der Waals surface area contributed by atoms with Gasteiger partial charge < -0.3 is 19.7 Å². The van der Waals surface area contributed by atoms with Crippen molar-refractivity contribution in [3.05, 3.63) is 17.7 Å². The number of anilines is 1. The zero-order valence-electron chi connectivity index (χ0n) is 12.3. The number of rotatable bonds is 3. The van der Waals surface area contributed by atoms with Crippen LogP contribution in [0.25, 0.3) is 0 Å². The van der Waals surface area contributed by atoms with Gasteiger partial charge in [-0.1, -0.05) is 0 Å². The lowest BCUT2D eigenvalue weighted by Gasteiger charge is -2.14. The molecule has 0 saturated carbocycles. The van der Waals surface area contributed by atoms with Crippen LogP contribution < -0.4 is 14.8 Å². The number of ketones is 1. The Bertz CT molecular complexity index is 670. The molecule has 3 rings (SSSR count). The summed E-state index contributed by atoms with van der Waals surface area (Å²) in [6, 6.07) is 3.14. The zero-order chi connectivity index (χ0) is 15.9. The maximum Gasteiger partial charge on any atom is 0.231 e. The van der Waals surface area contributed by atoms with E-state index >= 15 is 0 Å². The smallest absolute Gasteiger partial charge is 0.231 e. The topological polar surface area (TPSA) is 84.9 Å². The third-order valence-electron chi connectivity index (χ3n) is 3.86. The number of likely N-dealkylation sites (tertiary alicyclic amines) is 1. The Kier molecular flexibility index (Phi) is 3.48. The minimum Gasteiger partial charge on any atom is -0.454 e. The predicted molar refractivity (Wildman–Crippen MR) is 76.9 cm³/mol. The van der Waals surface area contributed by atoms with Gasteiger partial charge in [0.2, 0.25) is 18.6 Å². The van der Waals surface area contributed by atoms with E-state index in [9.17, 15) is 14.4 Å². The van der Waals surface area contributed by atoms with E-state index in [1.54, 1.807) is 19.2 Å². The third kappa shape index (κ3) is 2.49. The summed E-state index contributed by atoms with van der Waals surface area (Å²) in [7, 11) is 1.66. The van der Waals surface area contributed by atoms with Gasteiger partial charge in [-0.05, 0) is 13.0 Å². The summed E-state index contributed by atoms with van der Waals surface area (Å²) in [6.07, 6.45) is 0.183. The molecule has 2 amide bonds. The second-order valence-electron chi connectivity index (χ2n) is 5.47. The molecule has 1 atom stereocenters. The Hall–Kier alpha value is -2.57. The molecule has 116 valence electrons. The molecular formula is C15H16N2O5. The fourth-order valence-electron chi connectivity index (χ4n) is 2.61. The second-order valence-corrected chi connectivity index (χ2v) is 5.47. The molecule has 1 aromatic carbocycles. The van der Waals surface area contributed by atoms with Crippen molar-refractivity contribution in [3.8, 4) is 11.5 Å². The summed E-state index contributed by atoms with van der Waals surface area (Å²) in [5.41, 5.74) is 0.735. The number of ether oxygens (including phenoxy) is 2. The van der Waals surface area contributed by atoms with Crippen LogP contribution in [0.2, 0.25) is 0 Å². The number of amides is 2. The van der Waals surface area contributed by atoms with Gasteiger partial charge in [0.15, 0.2) is 17.3 Å². The zero-order valence-corrected chi connectivity index (χ0v) is 12.3. The maximum atomic E-state index is 12.3. The average Bonchev–Trinajstić information content (AvgIpc) is 3.04. The highest BCUT2D eigenvalue weighted by Gasteiger charge is 2.32. The van der Waals surface area contributed by atoms with Crippen molar-refractivity contribution in [3.63, 3.8) is 0 Å². The Morgan fingerprint density at radius 1 is 1.27 bits per heavy atom. The van der Waals surface area contributed by atoms with Crippen LogP contribution in [-0.4, -0.2) is 42.9 Å². The number of nitrogens with zero attached hydrogens (tertiary/aromatic N) is 1. The number of benzene rings is 1. The largest absolute Gasteiger partial charge is 0.454 e. The quantitative estimate of drug-likeness (QED) is 0.843. The number of Topliss-reactive ketones (excluding diaryl/α,β-unsaturated/α-hetero) is 1. The van der Waals surface area contributed by atoms with Crippen molar-refractivity contribution in [2.75, 3.05) is 25.7 Å². The monoisotopic (exact) mass is 304 g/mol. The molecule has 22 heavy (non-hydrogen) atoms. The number of fused-ring (bicyclic) bond motifs is 1. The Morgan fingerprint density at radius 3 is 2.55 bits per heavy atom. The van der Waals surface area contributed by atoms with Crippen LogP contribution in [0.15, 0.2) is 12.1 Å². The van der Waals surface area contributed by atoms with Gasteiger partial charge in [0.05, 0.1) is 11.6 Å². The van der Waals surface area contributed by atoms with Gasteiger partial charge in [0, 0.05) is 31.6 Å². The number of carbonyl (C=O) groups excluding carboxylic acids is 3. The van der Waals surface area contributed by atoms with Crippen LogP contribution in [0.3, 0.4) is 0 Å². The minimum absolute atomic E-state index is 0.0578. The molecule has 7 heteroatoms. The average molecular weight is 304 g/mol. The normalized spacial score (nSPS) is 19.5. The third-order valence-corrected chi connectivity index (χ3v) is 3.86. The first-order chi connectivity index (χ1) is 10.5. The summed E-state index contributed by atoms with van der Waals surface area (Å²) in [6.45, 7) is 1.89. The Morgan fingerprint density at radius 2 is 1.95 bits per heavy atom. The van der Waals surface area contributed by atoms with E-state index < -0.39 is 5.92 Å². The van der Waals surface area contributed by atoms with Crippen LogP contribution in [0.5, 0.6) is 11.5 Å². The number of carbonyl (C=O) groups is 3. The highest BCUT2D eigenvalue weighted by atomic mass is 16.7. The van der Waals surface area contributed by atoms with Crippen LogP contribution in [-0.2, 0) is 9.59 Å². The molecule has 1 N–H and O–H groups in total. The summed E-state index contributed by atoms with van der Waals surface area (Å²) in [4.78, 5) is 37.1. The van der Waals surface area contributed by atoms with Crippen molar-refractivity contribution < 1.29 is 23.9 Å². The van der Waals surface area contributed by atoms with Gasteiger partial charge in [0.1, 0.15) is 0 Å². The van der Waals surface area contributed by atoms with Crippen molar-refractivity contribution in [2.45, 2.75) is 13.3 Å². The number of hydrogen-bond donors (Lipinski definition) is 1. The van der Waals surface area contributed by atoms with Crippen LogP contribution >= 0.6 is 0 Å². The van der Waals surface area contributed by atoms with Gasteiger partial charge in [-0.25, -0.2) is 0 Å². The Balaban J connectivity index is 1.84. The molecule has 0 unspecified atom stereocenters. The molecule has 0 radical (unpaired) electrons. The molecule has 2 aliphatic rings. The first-order valence-electron chi connectivity index (χ1n) is 6.95. The van der Waals surface area contributed by atoms with E-state index in [0.29, 0.717) is 29.3 Å². The molecule has 2 aliphatic heterocycles. The fourth-order valence-corrected chi connectivity index (χ4v) is 2.61. The molecule has 0 aliphatic carbocycles. The molecule has 1 saturated heterocycles. The summed E-state index contributed by atoms with van der Waals surface area (Å²) in [5, 5.41) is 2.73. The number of hydrogen-bond acceptors (Lipinski definition) is 5. The summed E-state index contributed by atoms with van der Waals surface area (Å²) >= 11 is 0. The lowest BCUT2D eigenvalue weighted by molar-refractivity contribution is -0.127. The molecule has 1 fully saturated rings. The van der Waals surface area contributed by atoms with Crippen LogP contribution in [0, 0.1) is 5.92 Å². The highest BCUT2D eigenvalue weighted by Crippen LogP contribution is 2.37. The lowest BCUT2D eigenvalue weighted by atomic mass is 10.1. The Labute approximate surface area is 127 Å². The first kappa shape index (κ1) is 14.4. The van der Waals surface area contributed by atoms with Gasteiger partial charge in [-0.15, -0.1) is 0 Å². The van der Waals surface area contributed by atoms with Gasteiger partial charge >= 0.3 is 0 Å². The van der Waals surface area contributed by atoms with E-state index in [2.05, 4.69) is 5.32 Å². The van der Waals surface area contributed by atoms with Gasteiger partial charge in [-0.3, -0.25) is 14.4 Å². The lowest BCUT2D eigenvalue weighted by Crippen LogP contribution is -2.26. The molecular weight excluding hydrogens is 288 g/mol. The van der Waals surface area contributed by atoms with E-state index in [1.165, 1.54) is 11.8 Å². The van der Waals surface area contributed by atoms with Gasteiger partial charge in [0.25, 0.3) is 0 Å². The van der Waals surface area contributed by atoms with Crippen molar-refractivity contribution in [1.82, 2.24) is 4.90 Å². The maximum absolute atomic E-state index is 12.3. The van der Waals surface area contributed by atoms with E-state index in [-0.39, 0.29) is 30.8 Å². The number of nitrogens with one attached hydrogen (secondary N) is 1. The second kappa shape index (κ2) is 5.32. The van der Waals surface area contributed by atoms with E-state index in [1.807, 2.05) is 0 Å². The standard InChI is InChI=1S/C15H16N2O5/c1-8(18)10-4-12-13(22-7-21-12)5-11(10)16-15(20)9-3-14(19)17(2)6-9/h4-5,9H,3,6-7H2,1-2H3,(H,16,20)/t9-/m0/s1. The molecule has 7 nitrogen and oxygen atoms in total. The molecule has 1 aromatic rings. The first-order valence-corrected chi connectivity index (χ1v) is 6.95.